The van der Waals surface area contributed by atoms with Gasteiger partial charge in [-0.3, -0.25) is 9.63 Å². The second kappa shape index (κ2) is 6.25. The summed E-state index contributed by atoms with van der Waals surface area (Å²) in [6, 6.07) is 0. The van der Waals surface area contributed by atoms with Gasteiger partial charge in [0.05, 0.1) is 0 Å². The molecule has 1 N–H and O–H groups in total. The van der Waals surface area contributed by atoms with Gasteiger partial charge >= 0.3 is 6.09 Å². The number of nitrogens with zero attached hydrogens (tertiary/aromatic N) is 2. The van der Waals surface area contributed by atoms with Crippen LogP contribution in [0.4, 0.5) is 4.79 Å². The molecule has 0 aromatic heterocycles. The molecule has 0 atom stereocenters. The van der Waals surface area contributed by atoms with Gasteiger partial charge in [0.1, 0.15) is 0 Å². The van der Waals surface area contributed by atoms with E-state index >= 15 is 0 Å². The van der Waals surface area contributed by atoms with Crippen molar-refractivity contribution in [2.75, 3.05) is 27.4 Å². The molecule has 7 heteroatoms. The van der Waals surface area contributed by atoms with Crippen LogP contribution in [0.15, 0.2) is 5.16 Å². The maximum absolute atomic E-state index is 11.3. The molecular formula is C7H13N3O3S. The molecule has 0 aromatic rings. The average molecular weight is 219 g/mol. The monoisotopic (exact) mass is 219 g/mol. The van der Waals surface area contributed by atoms with E-state index in [4.69, 9.17) is 0 Å². The minimum absolute atomic E-state index is 0.124. The van der Waals surface area contributed by atoms with Crippen molar-refractivity contribution in [1.82, 2.24) is 10.2 Å². The van der Waals surface area contributed by atoms with Gasteiger partial charge in [0.2, 0.25) is 5.04 Å². The molecule has 0 spiro atoms. The van der Waals surface area contributed by atoms with E-state index in [0.29, 0.717) is 0 Å². The molecule has 0 saturated heterocycles. The van der Waals surface area contributed by atoms with Crippen LogP contribution in [0.3, 0.4) is 0 Å². The summed E-state index contributed by atoms with van der Waals surface area (Å²) < 4.78 is 0. The lowest BCUT2D eigenvalue weighted by molar-refractivity contribution is -0.121. The highest BCUT2D eigenvalue weighted by Crippen LogP contribution is 2.01. The van der Waals surface area contributed by atoms with E-state index in [1.165, 1.54) is 11.9 Å². The van der Waals surface area contributed by atoms with E-state index < -0.39 is 6.09 Å². The highest BCUT2D eigenvalue weighted by Gasteiger charge is 2.13. The molecule has 0 aliphatic rings. The van der Waals surface area contributed by atoms with Crippen LogP contribution >= 0.6 is 11.8 Å². The quantitative estimate of drug-likeness (QED) is 0.294. The minimum Gasteiger partial charge on any atom is -0.343 e. The largest absolute Gasteiger partial charge is 0.433 e. The Labute approximate surface area is 86.6 Å². The van der Waals surface area contributed by atoms with Gasteiger partial charge in [-0.25, -0.2) is 4.79 Å². The molecule has 0 rings (SSSR count). The molecule has 0 fully saturated rings. The van der Waals surface area contributed by atoms with Crippen molar-refractivity contribution >= 4 is 28.8 Å². The third kappa shape index (κ3) is 4.13. The predicted molar refractivity (Wildman–Crippen MR) is 55.2 cm³/mol. The van der Waals surface area contributed by atoms with Gasteiger partial charge in [-0.1, -0.05) is 5.16 Å². The molecular weight excluding hydrogens is 206 g/mol. The van der Waals surface area contributed by atoms with Gasteiger partial charge in [-0.2, -0.15) is 0 Å². The molecule has 80 valence electrons. The van der Waals surface area contributed by atoms with Crippen molar-refractivity contribution in [2.24, 2.45) is 5.16 Å². The Morgan fingerprint density at radius 3 is 2.36 bits per heavy atom. The number of carbonyl (C=O) groups excluding carboxylic acids is 2. The third-order valence-electron chi connectivity index (χ3n) is 1.20. The van der Waals surface area contributed by atoms with E-state index in [9.17, 15) is 9.59 Å². The molecule has 0 radical (unpaired) electrons. The first-order valence-electron chi connectivity index (χ1n) is 3.75. The number of amides is 2. The first-order chi connectivity index (χ1) is 6.52. The smallest absolute Gasteiger partial charge is 0.343 e. The zero-order valence-corrected chi connectivity index (χ0v) is 9.34. The Bertz CT molecular complexity index is 253. The van der Waals surface area contributed by atoms with E-state index in [0.717, 1.165) is 11.8 Å². The van der Waals surface area contributed by atoms with Crippen LogP contribution in [-0.4, -0.2) is 49.3 Å². The maximum atomic E-state index is 11.3. The highest BCUT2D eigenvalue weighted by molar-refractivity contribution is 8.15. The van der Waals surface area contributed by atoms with Crippen LogP contribution in [-0.2, 0) is 9.63 Å². The van der Waals surface area contributed by atoms with Crippen LogP contribution in [0.2, 0.25) is 0 Å². The Morgan fingerprint density at radius 1 is 1.43 bits per heavy atom. The lowest BCUT2D eigenvalue weighted by Gasteiger charge is -2.09. The normalized spacial score (nSPS) is 10.7. The fraction of sp³-hybridized carbons (Fsp3) is 0.571. The van der Waals surface area contributed by atoms with Crippen molar-refractivity contribution in [3.05, 3.63) is 0 Å². The van der Waals surface area contributed by atoms with Crippen LogP contribution in [0.5, 0.6) is 0 Å². The Morgan fingerprint density at radius 2 is 2.00 bits per heavy atom. The molecule has 14 heavy (non-hydrogen) atoms. The SMILES string of the molecule is CNC(=O)O/N=C(\SC)C(=O)N(C)C. The van der Waals surface area contributed by atoms with Crippen molar-refractivity contribution in [1.29, 1.82) is 0 Å². The van der Waals surface area contributed by atoms with E-state index in [-0.39, 0.29) is 11.0 Å². The van der Waals surface area contributed by atoms with E-state index in [1.54, 1.807) is 20.4 Å². The summed E-state index contributed by atoms with van der Waals surface area (Å²) in [7, 11) is 4.59. The van der Waals surface area contributed by atoms with Gasteiger partial charge < -0.3 is 10.2 Å². The summed E-state index contributed by atoms with van der Waals surface area (Å²) in [6.07, 6.45) is 0.969. The van der Waals surface area contributed by atoms with Gasteiger partial charge in [-0.15, -0.1) is 11.8 Å². The van der Waals surface area contributed by atoms with E-state index in [2.05, 4.69) is 15.3 Å². The molecule has 6 nitrogen and oxygen atoms in total. The lowest BCUT2D eigenvalue weighted by Crippen LogP contribution is -2.28. The predicted octanol–water partition coefficient (Wildman–Crippen LogP) is 0.107. The first-order valence-corrected chi connectivity index (χ1v) is 4.97. The molecule has 2 amide bonds. The van der Waals surface area contributed by atoms with Crippen molar-refractivity contribution < 1.29 is 14.4 Å². The fourth-order valence-corrected chi connectivity index (χ4v) is 0.952. The number of thioether (sulfide) groups is 1. The van der Waals surface area contributed by atoms with Crippen LogP contribution in [0.1, 0.15) is 0 Å². The second-order valence-electron chi connectivity index (χ2n) is 2.43. The first kappa shape index (κ1) is 12.8. The summed E-state index contributed by atoms with van der Waals surface area (Å²) in [5.74, 6) is -0.304. The van der Waals surface area contributed by atoms with Crippen molar-refractivity contribution in [3.63, 3.8) is 0 Å². The molecule has 0 bridgehead atoms. The van der Waals surface area contributed by atoms with Gasteiger partial charge in [0.25, 0.3) is 5.91 Å². The van der Waals surface area contributed by atoms with Gasteiger partial charge in [0.15, 0.2) is 0 Å². The lowest BCUT2D eigenvalue weighted by atomic mass is 10.6. The summed E-state index contributed by atoms with van der Waals surface area (Å²) in [5, 5.41) is 5.74. The standard InChI is InChI=1S/C7H13N3O3S/c1-8-7(12)13-9-5(14-4)6(11)10(2)3/h1-4H3,(H,8,12)/b9-5-. The Kier molecular flexibility index (Phi) is 5.70. The molecule has 0 aromatic carbocycles. The summed E-state index contributed by atoms with van der Waals surface area (Å²) in [4.78, 5) is 27.7. The molecule has 0 saturated carbocycles. The van der Waals surface area contributed by atoms with Gasteiger partial charge in [0, 0.05) is 21.1 Å². The number of carbonyl (C=O) groups is 2. The molecule has 0 heterocycles. The minimum atomic E-state index is -0.705. The zero-order valence-electron chi connectivity index (χ0n) is 8.53. The maximum Gasteiger partial charge on any atom is 0.433 e. The third-order valence-corrected chi connectivity index (χ3v) is 1.83. The van der Waals surface area contributed by atoms with Crippen LogP contribution in [0, 0.1) is 0 Å². The van der Waals surface area contributed by atoms with Crippen molar-refractivity contribution in [2.45, 2.75) is 0 Å². The number of hydrogen-bond donors (Lipinski definition) is 1. The number of rotatable bonds is 1. The molecule has 0 aliphatic heterocycles. The molecule has 0 unspecified atom stereocenters. The van der Waals surface area contributed by atoms with Crippen LogP contribution < -0.4 is 5.32 Å². The summed E-state index contributed by atoms with van der Waals surface area (Å²) in [5.41, 5.74) is 0. The highest BCUT2D eigenvalue weighted by atomic mass is 32.2. The second-order valence-corrected chi connectivity index (χ2v) is 3.22. The molecule has 0 aliphatic carbocycles. The van der Waals surface area contributed by atoms with Crippen molar-refractivity contribution in [3.8, 4) is 0 Å². The summed E-state index contributed by atoms with van der Waals surface area (Å²) in [6.45, 7) is 0. The summed E-state index contributed by atoms with van der Waals surface area (Å²) >= 11 is 1.11. The zero-order chi connectivity index (χ0) is 11.1. The topological polar surface area (TPSA) is 71.0 Å². The van der Waals surface area contributed by atoms with E-state index in [1.807, 2.05) is 0 Å². The number of oxime groups is 1. The van der Waals surface area contributed by atoms with Crippen LogP contribution in [0.25, 0.3) is 0 Å². The number of nitrogens with one attached hydrogen (secondary N) is 1. The number of hydrogen-bond acceptors (Lipinski definition) is 5. The Balaban J connectivity index is 4.40. The average Bonchev–Trinajstić information content (AvgIpc) is 2.17. The fourth-order valence-electron chi connectivity index (χ4n) is 0.483. The Hall–Kier alpha value is -1.24. The van der Waals surface area contributed by atoms with Gasteiger partial charge in [-0.05, 0) is 6.26 Å².